The minimum Gasteiger partial charge on any atom is -0.351 e. The number of aromatic nitrogens is 2. The van der Waals surface area contributed by atoms with Gasteiger partial charge in [0.1, 0.15) is 0 Å². The predicted octanol–water partition coefficient (Wildman–Crippen LogP) is -0.729. The maximum atomic E-state index is 11.0. The Morgan fingerprint density at radius 3 is 3.00 bits per heavy atom. The van der Waals surface area contributed by atoms with Crippen LogP contribution in [0.1, 0.15) is 0 Å². The Hall–Kier alpha value is -1.85. The van der Waals surface area contributed by atoms with Gasteiger partial charge in [0.25, 0.3) is 5.56 Å². The van der Waals surface area contributed by atoms with Crippen molar-refractivity contribution >= 4 is 12.0 Å². The van der Waals surface area contributed by atoms with Crippen molar-refractivity contribution in [2.24, 2.45) is 12.8 Å². The second kappa shape index (κ2) is 3.04. The van der Waals surface area contributed by atoms with Gasteiger partial charge in [0.05, 0.1) is 0 Å². The summed E-state index contributed by atoms with van der Waals surface area (Å²) in [5.41, 5.74) is 4.58. The summed E-state index contributed by atoms with van der Waals surface area (Å²) in [5.74, 6) is 0.134. The Morgan fingerprint density at radius 2 is 2.42 bits per heavy atom. The van der Waals surface area contributed by atoms with E-state index >= 15 is 0 Å². The molecule has 12 heavy (non-hydrogen) atoms. The monoisotopic (exact) mass is 168 g/mol. The van der Waals surface area contributed by atoms with E-state index in [1.54, 1.807) is 0 Å². The molecule has 3 N–H and O–H groups in total. The number of primary amides is 1. The number of anilines is 1. The van der Waals surface area contributed by atoms with Crippen LogP contribution in [0.25, 0.3) is 0 Å². The highest BCUT2D eigenvalue weighted by molar-refractivity contribution is 5.85. The number of amides is 2. The molecular formula is C6H8N4O2. The van der Waals surface area contributed by atoms with E-state index in [4.69, 9.17) is 5.73 Å². The molecule has 0 unspecified atom stereocenters. The molecule has 1 rings (SSSR count). The number of nitrogens with two attached hydrogens (primary N) is 1. The molecule has 1 aromatic rings. The van der Waals surface area contributed by atoms with Crippen LogP contribution in [0.15, 0.2) is 17.1 Å². The first kappa shape index (κ1) is 8.25. The number of hydrogen-bond donors (Lipinski definition) is 2. The number of nitrogens with one attached hydrogen (secondary N) is 1. The van der Waals surface area contributed by atoms with E-state index in [0.29, 0.717) is 0 Å². The van der Waals surface area contributed by atoms with E-state index in [2.05, 4.69) is 10.3 Å². The van der Waals surface area contributed by atoms with Gasteiger partial charge in [-0.15, -0.1) is 0 Å². The lowest BCUT2D eigenvalue weighted by Gasteiger charge is -2.04. The van der Waals surface area contributed by atoms with Crippen LogP contribution in [-0.4, -0.2) is 15.6 Å². The van der Waals surface area contributed by atoms with E-state index < -0.39 is 6.03 Å². The minimum absolute atomic E-state index is 0.134. The van der Waals surface area contributed by atoms with E-state index in [0.717, 1.165) is 0 Å². The van der Waals surface area contributed by atoms with Gasteiger partial charge in [-0.3, -0.25) is 14.7 Å². The molecule has 0 aliphatic carbocycles. The van der Waals surface area contributed by atoms with E-state index in [9.17, 15) is 9.59 Å². The minimum atomic E-state index is -0.747. The molecular weight excluding hydrogens is 160 g/mol. The largest absolute Gasteiger partial charge is 0.351 e. The lowest BCUT2D eigenvalue weighted by Crippen LogP contribution is -2.27. The maximum Gasteiger partial charge on any atom is 0.318 e. The fraction of sp³-hybridized carbons (Fsp3) is 0.167. The van der Waals surface area contributed by atoms with Crippen LogP contribution in [0.4, 0.5) is 10.7 Å². The molecule has 6 nitrogen and oxygen atoms in total. The average molecular weight is 168 g/mol. The van der Waals surface area contributed by atoms with Crippen LogP contribution < -0.4 is 16.6 Å². The molecule has 0 aromatic carbocycles. The van der Waals surface area contributed by atoms with Gasteiger partial charge in [-0.1, -0.05) is 0 Å². The van der Waals surface area contributed by atoms with E-state index in [-0.39, 0.29) is 11.5 Å². The predicted molar refractivity (Wildman–Crippen MR) is 42.7 cm³/mol. The Labute approximate surface area is 68.0 Å². The van der Waals surface area contributed by atoms with E-state index in [1.165, 1.54) is 23.9 Å². The number of carbonyl (C=O) groups excluding carboxylic acids is 1. The second-order valence-electron chi connectivity index (χ2n) is 2.15. The van der Waals surface area contributed by atoms with Gasteiger partial charge in [-0.2, -0.15) is 0 Å². The topological polar surface area (TPSA) is 90.0 Å². The van der Waals surface area contributed by atoms with Crippen LogP contribution in [0, 0.1) is 0 Å². The molecule has 0 saturated carbocycles. The fourth-order valence-electron chi connectivity index (χ4n) is 0.701. The van der Waals surface area contributed by atoms with Crippen molar-refractivity contribution in [3.8, 4) is 0 Å². The van der Waals surface area contributed by atoms with Crippen molar-refractivity contribution in [1.82, 2.24) is 9.55 Å². The molecule has 64 valence electrons. The zero-order valence-corrected chi connectivity index (χ0v) is 6.44. The molecule has 0 saturated heterocycles. The highest BCUT2D eigenvalue weighted by atomic mass is 16.2. The number of rotatable bonds is 1. The zero-order chi connectivity index (χ0) is 9.14. The summed E-state index contributed by atoms with van der Waals surface area (Å²) >= 11 is 0. The summed E-state index contributed by atoms with van der Waals surface area (Å²) in [7, 11) is 1.49. The normalized spacial score (nSPS) is 9.42. The summed E-state index contributed by atoms with van der Waals surface area (Å²) in [5, 5.41) is 2.20. The van der Waals surface area contributed by atoms with Crippen molar-refractivity contribution < 1.29 is 4.79 Å². The molecule has 1 heterocycles. The first-order valence-electron chi connectivity index (χ1n) is 3.20. The van der Waals surface area contributed by atoms with Gasteiger partial charge in [0.2, 0.25) is 5.95 Å². The first-order valence-corrected chi connectivity index (χ1v) is 3.20. The lowest BCUT2D eigenvalue weighted by molar-refractivity contribution is 0.259. The molecule has 6 heteroatoms. The molecule has 2 amide bonds. The number of carbonyl (C=O) groups is 1. The molecule has 1 aromatic heterocycles. The standard InChI is InChI=1S/C6H8N4O2/c1-10-4(11)2-3-8-6(10)9-5(7)12/h2-3H,1H3,(H3,7,8,9,12). The number of hydrogen-bond acceptors (Lipinski definition) is 3. The van der Waals surface area contributed by atoms with Gasteiger partial charge in [-0.25, -0.2) is 9.78 Å². The molecule has 0 aliphatic heterocycles. The third kappa shape index (κ3) is 1.60. The second-order valence-corrected chi connectivity index (χ2v) is 2.15. The van der Waals surface area contributed by atoms with Crippen molar-refractivity contribution in [3.63, 3.8) is 0 Å². The van der Waals surface area contributed by atoms with Crippen LogP contribution in [-0.2, 0) is 7.05 Å². The van der Waals surface area contributed by atoms with Crippen molar-refractivity contribution in [2.45, 2.75) is 0 Å². The molecule has 0 bridgehead atoms. The summed E-state index contributed by atoms with van der Waals surface area (Å²) in [6.45, 7) is 0. The van der Waals surface area contributed by atoms with Crippen LogP contribution in [0.2, 0.25) is 0 Å². The quantitative estimate of drug-likeness (QED) is 0.579. The molecule has 0 aliphatic rings. The molecule has 0 radical (unpaired) electrons. The first-order chi connectivity index (χ1) is 5.61. The van der Waals surface area contributed by atoms with E-state index in [1.807, 2.05) is 0 Å². The number of nitrogens with zero attached hydrogens (tertiary/aromatic N) is 2. The van der Waals surface area contributed by atoms with Gasteiger partial charge in [0.15, 0.2) is 0 Å². The molecule has 0 spiro atoms. The highest BCUT2D eigenvalue weighted by Gasteiger charge is 2.01. The van der Waals surface area contributed by atoms with Gasteiger partial charge in [-0.05, 0) is 0 Å². The summed E-state index contributed by atoms with van der Waals surface area (Å²) in [6.07, 6.45) is 1.30. The van der Waals surface area contributed by atoms with Gasteiger partial charge in [0, 0.05) is 19.3 Å². The van der Waals surface area contributed by atoms with Crippen molar-refractivity contribution in [2.75, 3.05) is 5.32 Å². The molecule has 0 atom stereocenters. The van der Waals surface area contributed by atoms with Crippen LogP contribution in [0.3, 0.4) is 0 Å². The zero-order valence-electron chi connectivity index (χ0n) is 6.44. The Bertz CT molecular complexity index is 357. The van der Waals surface area contributed by atoms with Crippen molar-refractivity contribution in [1.29, 1.82) is 0 Å². The molecule has 0 fully saturated rings. The SMILES string of the molecule is Cn1c(NC(N)=O)nccc1=O. The number of urea groups is 1. The Morgan fingerprint density at radius 1 is 1.75 bits per heavy atom. The maximum absolute atomic E-state index is 11.0. The highest BCUT2D eigenvalue weighted by Crippen LogP contribution is 1.93. The third-order valence-corrected chi connectivity index (χ3v) is 1.30. The summed E-state index contributed by atoms with van der Waals surface area (Å²) < 4.78 is 1.19. The van der Waals surface area contributed by atoms with Gasteiger partial charge < -0.3 is 5.73 Å². The Kier molecular flexibility index (Phi) is 2.09. The Balaban J connectivity index is 3.08. The summed E-state index contributed by atoms with van der Waals surface area (Å²) in [4.78, 5) is 25.1. The van der Waals surface area contributed by atoms with Crippen molar-refractivity contribution in [3.05, 3.63) is 22.6 Å². The summed E-state index contributed by atoms with van der Waals surface area (Å²) in [6, 6.07) is 0.537. The lowest BCUT2D eigenvalue weighted by atomic mass is 10.6. The van der Waals surface area contributed by atoms with Crippen LogP contribution >= 0.6 is 0 Å². The third-order valence-electron chi connectivity index (χ3n) is 1.30. The fourth-order valence-corrected chi connectivity index (χ4v) is 0.701. The smallest absolute Gasteiger partial charge is 0.318 e. The van der Waals surface area contributed by atoms with Crippen LogP contribution in [0.5, 0.6) is 0 Å². The average Bonchev–Trinajstić information content (AvgIpc) is 1.98. The van der Waals surface area contributed by atoms with Gasteiger partial charge >= 0.3 is 6.03 Å².